The van der Waals surface area contributed by atoms with Gasteiger partial charge in [-0.05, 0) is 87.2 Å². The van der Waals surface area contributed by atoms with Crippen molar-refractivity contribution in [1.29, 1.82) is 0 Å². The Bertz CT molecular complexity index is 5130. The molecule has 4 unspecified atom stereocenters. The zero-order valence-electron chi connectivity index (χ0n) is 58.9. The lowest BCUT2D eigenvalue weighted by Gasteiger charge is -2.20. The second-order valence-electron chi connectivity index (χ2n) is 26.6. The van der Waals surface area contributed by atoms with Crippen LogP contribution in [0.25, 0.3) is 23.3 Å². The first-order valence-electron chi connectivity index (χ1n) is 34.5. The van der Waals surface area contributed by atoms with E-state index in [0.717, 1.165) is 44.5 Å². The molecule has 7 fully saturated rings. The van der Waals surface area contributed by atoms with Gasteiger partial charge < -0.3 is 4.74 Å². The number of hydrogen-bond acceptors (Lipinski definition) is 18. The van der Waals surface area contributed by atoms with Crippen LogP contribution in [0.15, 0.2) is 253 Å². The van der Waals surface area contributed by atoms with Gasteiger partial charge in [0.2, 0.25) is 10.0 Å². The third-order valence-electron chi connectivity index (χ3n) is 18.2. The van der Waals surface area contributed by atoms with Gasteiger partial charge in [-0.3, -0.25) is 47.5 Å². The molecule has 0 aromatic heterocycles. The summed E-state index contributed by atoms with van der Waals surface area (Å²) >= 11 is 0. The molecule has 0 amide bonds. The van der Waals surface area contributed by atoms with Crippen LogP contribution in [0, 0.1) is 5.92 Å². The van der Waals surface area contributed by atoms with E-state index < -0.39 is 50.0 Å². The van der Waals surface area contributed by atoms with Gasteiger partial charge in [0.05, 0.1) is 65.7 Å². The molecular formula is C84H81NO18S4. The molecule has 3 saturated carbocycles. The summed E-state index contributed by atoms with van der Waals surface area (Å²) in [6, 6.07) is 71.8. The lowest BCUT2D eigenvalue weighted by Crippen LogP contribution is -2.25. The number of ether oxygens (including phenoxy) is 1. The van der Waals surface area contributed by atoms with Crippen LogP contribution in [0.3, 0.4) is 0 Å². The van der Waals surface area contributed by atoms with Gasteiger partial charge in [0.15, 0.2) is 41.1 Å². The third kappa shape index (κ3) is 23.5. The summed E-state index contributed by atoms with van der Waals surface area (Å²) in [5.41, 5.74) is 9.45. The molecule has 554 valence electrons. The number of sulfonamides is 1. The molecule has 8 aromatic rings. The highest BCUT2D eigenvalue weighted by molar-refractivity contribution is 7.96. The van der Waals surface area contributed by atoms with E-state index in [0.29, 0.717) is 61.2 Å². The zero-order valence-corrected chi connectivity index (χ0v) is 62.1. The van der Waals surface area contributed by atoms with E-state index in [2.05, 4.69) is 6.58 Å². The number of methoxy groups -OCH3 is 1. The zero-order chi connectivity index (χ0) is 76.9. The van der Waals surface area contributed by atoms with Crippen LogP contribution < -0.4 is 9.04 Å². The number of ketones is 9. The molecule has 107 heavy (non-hydrogen) atoms. The normalized spacial score (nSPS) is 21.3. The van der Waals surface area contributed by atoms with Crippen molar-refractivity contribution >= 4 is 109 Å². The SMILES string of the molecule is C=C1CN(c2cc(-c3ccccc3)ccc2OC)S(=O)(=O)C1.O=C1C/C(=C/c2ccccc2)S(=O)(=O)C1.O=C1CC(=O)/C(=C\c2ccccc2)C1.O=C1CC(=O)C(Cc2ccccc2)C1.O=C1CC(=O)C(c2ccccc2)C1.O=C1CC(Cc2ccccc2)S(=O)(=O)C1.O=C1CC(c2ccccc2)S(=O)(=O)C1. The molecule has 23 heteroatoms. The van der Waals surface area contributed by atoms with Gasteiger partial charge in [0.25, 0.3) is 0 Å². The quantitative estimate of drug-likeness (QED) is 0.0660. The average Bonchev–Trinajstić information content (AvgIpc) is 1.66. The maximum Gasteiger partial charge on any atom is 0.239 e. The Labute approximate surface area is 624 Å². The van der Waals surface area contributed by atoms with E-state index in [1.165, 1.54) is 4.31 Å². The second kappa shape index (κ2) is 37.1. The van der Waals surface area contributed by atoms with Gasteiger partial charge >= 0.3 is 0 Å². The molecule has 15 rings (SSSR count). The predicted octanol–water partition coefficient (Wildman–Crippen LogP) is 12.1. The first-order chi connectivity index (χ1) is 51.0. The number of allylic oxidation sites excluding steroid dienone is 2. The van der Waals surface area contributed by atoms with Gasteiger partial charge in [0.1, 0.15) is 63.5 Å². The first-order valence-corrected chi connectivity index (χ1v) is 41.2. The van der Waals surface area contributed by atoms with Crippen molar-refractivity contribution in [3.8, 4) is 16.9 Å². The predicted molar refractivity (Wildman–Crippen MR) is 411 cm³/mol. The van der Waals surface area contributed by atoms with E-state index in [9.17, 15) is 76.8 Å². The Kier molecular flexibility index (Phi) is 27.9. The van der Waals surface area contributed by atoms with Crippen molar-refractivity contribution < 1.29 is 81.6 Å². The Morgan fingerprint density at radius 2 is 0.925 bits per heavy atom. The minimum atomic E-state index is -3.37. The highest BCUT2D eigenvalue weighted by atomic mass is 32.2. The fourth-order valence-corrected chi connectivity index (χ4v) is 19.3. The largest absolute Gasteiger partial charge is 0.495 e. The topological polar surface area (TPSA) is 303 Å². The van der Waals surface area contributed by atoms with Crippen LogP contribution in [-0.4, -0.2) is 128 Å². The van der Waals surface area contributed by atoms with Crippen LogP contribution in [-0.2, 0) is 95.5 Å². The van der Waals surface area contributed by atoms with Crippen molar-refractivity contribution in [2.75, 3.05) is 41.0 Å². The molecule has 4 aliphatic heterocycles. The molecule has 4 saturated heterocycles. The number of nitrogens with zero attached hydrogens (tertiary/aromatic N) is 1. The molecular weight excluding hydrogens is 1440 g/mol. The molecule has 19 nitrogen and oxygen atoms in total. The van der Waals surface area contributed by atoms with Crippen LogP contribution in [0.2, 0.25) is 0 Å². The molecule has 7 aliphatic rings. The van der Waals surface area contributed by atoms with E-state index in [4.69, 9.17) is 4.74 Å². The summed E-state index contributed by atoms with van der Waals surface area (Å²) in [5.74, 6) is -0.849. The van der Waals surface area contributed by atoms with Gasteiger partial charge in [-0.1, -0.05) is 225 Å². The van der Waals surface area contributed by atoms with Gasteiger partial charge in [-0.2, -0.15) is 0 Å². The van der Waals surface area contributed by atoms with Gasteiger partial charge in [-0.25, -0.2) is 33.7 Å². The maximum absolute atomic E-state index is 12.3. The molecule has 3 aliphatic carbocycles. The number of anilines is 1. The molecule has 4 heterocycles. The number of rotatable bonds is 11. The first kappa shape index (κ1) is 80.5. The average molecular weight is 1520 g/mol. The van der Waals surface area contributed by atoms with Gasteiger partial charge in [0, 0.05) is 50.0 Å². The number of carbonyl (C=O) groups is 9. The van der Waals surface area contributed by atoms with Crippen molar-refractivity contribution in [2.24, 2.45) is 5.92 Å². The van der Waals surface area contributed by atoms with Crippen molar-refractivity contribution in [3.05, 3.63) is 287 Å². The van der Waals surface area contributed by atoms with E-state index >= 15 is 0 Å². The van der Waals surface area contributed by atoms with Gasteiger partial charge in [-0.15, -0.1) is 0 Å². The molecule has 4 atom stereocenters. The van der Waals surface area contributed by atoms with Crippen molar-refractivity contribution in [1.82, 2.24) is 0 Å². The number of Topliss-reactive ketones (excluding diaryl/α,β-unsaturated/α-hetero) is 9. The fraction of sp³-hybridized carbons (Fsp3) is 0.250. The Morgan fingerprint density at radius 3 is 1.37 bits per heavy atom. The van der Waals surface area contributed by atoms with E-state index in [-0.39, 0.29) is 130 Å². The van der Waals surface area contributed by atoms with Crippen molar-refractivity contribution in [2.45, 2.75) is 87.0 Å². The summed E-state index contributed by atoms with van der Waals surface area (Å²) in [6.45, 7) is 4.10. The third-order valence-corrected chi connectivity index (χ3v) is 25.8. The summed E-state index contributed by atoms with van der Waals surface area (Å²) in [4.78, 5) is 100. The number of sulfone groups is 3. The minimum Gasteiger partial charge on any atom is -0.495 e. The monoisotopic (exact) mass is 1520 g/mol. The molecule has 0 bridgehead atoms. The Morgan fingerprint density at radius 1 is 0.430 bits per heavy atom. The van der Waals surface area contributed by atoms with E-state index in [1.54, 1.807) is 49.6 Å². The summed E-state index contributed by atoms with van der Waals surface area (Å²) < 4.78 is 101. The van der Waals surface area contributed by atoms with Crippen LogP contribution in [0.4, 0.5) is 5.69 Å². The van der Waals surface area contributed by atoms with Crippen LogP contribution in [0.5, 0.6) is 5.75 Å². The second-order valence-corrected chi connectivity index (χ2v) is 35.0. The molecule has 0 radical (unpaired) electrons. The Hall–Kier alpha value is -10.6. The highest BCUT2D eigenvalue weighted by Gasteiger charge is 2.40. The number of carbonyl (C=O) groups excluding carboxylic acids is 9. The van der Waals surface area contributed by atoms with Crippen LogP contribution in [0.1, 0.15) is 102 Å². The lowest BCUT2D eigenvalue weighted by molar-refractivity contribution is -0.124. The summed E-state index contributed by atoms with van der Waals surface area (Å²) in [6.07, 6.45) is 6.37. The standard InChI is InChI=1S/C17H17NO3S.C12H12O2.C12H10O2.C11H12O3S.C11H10O3S.C11H10O2.C10H10O3S/c1-13-11-18(22(19,20)12-13)16-10-15(8-9-17(16)21-2)14-6-4-3-5-7-14;2*13-11-7-10(12(14)8-11)6-9-4-2-1-3-5-9;2*12-10-7-11(15(13,14)8-10)6-9-4-2-1-3-5-9;12-9-6-10(11(13)7-9)8-4-2-1-3-5-8;11-9-6-10(14(12,13)7-9)8-4-2-1-3-5-8/h3-10H,1,11-12H2,2H3;1-5,10H,6-8H2;1-6H,7-8H2;1-5,11H,6-8H2;1-6H,7-8H2;1-5,10H,6-7H2;1-5,10H,6-7H2/b;;10-6-;;11-6-;;. The van der Waals surface area contributed by atoms with E-state index in [1.807, 2.05) is 200 Å². The summed E-state index contributed by atoms with van der Waals surface area (Å²) in [5, 5.41) is -1.12. The lowest BCUT2D eigenvalue weighted by atomic mass is 9.97. The number of benzene rings is 8. The molecule has 0 N–H and O–H groups in total. The maximum atomic E-state index is 12.3. The fourth-order valence-electron chi connectivity index (χ4n) is 12.9. The Balaban J connectivity index is 0.000000145. The summed E-state index contributed by atoms with van der Waals surface area (Å²) in [7, 11) is -11.6. The smallest absolute Gasteiger partial charge is 0.239 e. The molecule has 0 spiro atoms. The number of hydrogen-bond donors (Lipinski definition) is 0. The van der Waals surface area contributed by atoms with Crippen molar-refractivity contribution in [3.63, 3.8) is 0 Å². The van der Waals surface area contributed by atoms with Crippen LogP contribution >= 0.6 is 0 Å². The molecule has 8 aromatic carbocycles. The minimum absolute atomic E-state index is 0.00822. The highest BCUT2D eigenvalue weighted by Crippen LogP contribution is 2.38.